The maximum Gasteiger partial charge on any atom is 0.254 e. The van der Waals surface area contributed by atoms with Gasteiger partial charge in [-0.25, -0.2) is 0 Å². The van der Waals surface area contributed by atoms with Gasteiger partial charge in [-0.05, 0) is 59.0 Å². The highest BCUT2D eigenvalue weighted by molar-refractivity contribution is 7.07. The Balaban J connectivity index is 1.62. The zero-order valence-corrected chi connectivity index (χ0v) is 12.6. The number of nitrogens with zero attached hydrogens (tertiary/aromatic N) is 1. The summed E-state index contributed by atoms with van der Waals surface area (Å²) in [6, 6.07) is 8.22. The number of ether oxygens (including phenoxy) is 1. The van der Waals surface area contributed by atoms with Crippen molar-refractivity contribution in [2.45, 2.75) is 25.3 Å². The second-order valence-corrected chi connectivity index (χ2v) is 6.41. The van der Waals surface area contributed by atoms with Gasteiger partial charge >= 0.3 is 0 Å². The van der Waals surface area contributed by atoms with E-state index in [-0.39, 0.29) is 11.9 Å². The molecule has 21 heavy (non-hydrogen) atoms. The normalized spacial score (nSPS) is 20.4. The van der Waals surface area contributed by atoms with Crippen molar-refractivity contribution in [2.24, 2.45) is 0 Å². The number of likely N-dealkylation sites (tertiary alicyclic amines) is 1. The number of benzene rings is 1. The van der Waals surface area contributed by atoms with E-state index in [1.54, 1.807) is 11.3 Å². The van der Waals surface area contributed by atoms with Crippen molar-refractivity contribution in [3.63, 3.8) is 0 Å². The van der Waals surface area contributed by atoms with Gasteiger partial charge in [0.05, 0.1) is 12.6 Å². The zero-order chi connectivity index (χ0) is 14.2. The monoisotopic (exact) mass is 299 g/mol. The number of hydrogen-bond donors (Lipinski definition) is 0. The lowest BCUT2D eigenvalue weighted by Crippen LogP contribution is -2.30. The second kappa shape index (κ2) is 5.19. The fourth-order valence-corrected chi connectivity index (χ4v) is 4.01. The largest absolute Gasteiger partial charge is 0.493 e. The summed E-state index contributed by atoms with van der Waals surface area (Å²) in [5, 5.41) is 4.25. The first-order chi connectivity index (χ1) is 10.3. The third-order valence-electron chi connectivity index (χ3n) is 4.38. The Labute approximate surface area is 128 Å². The van der Waals surface area contributed by atoms with Crippen LogP contribution in [0.5, 0.6) is 5.75 Å². The Hall–Kier alpha value is -1.81. The molecule has 2 aliphatic rings. The molecule has 1 atom stereocenters. The average Bonchev–Trinajstić information content (AvgIpc) is 3.24. The fraction of sp³-hybridized carbons (Fsp3) is 0.353. The van der Waals surface area contributed by atoms with Crippen LogP contribution in [0.25, 0.3) is 0 Å². The summed E-state index contributed by atoms with van der Waals surface area (Å²) in [5.41, 5.74) is 3.23. The van der Waals surface area contributed by atoms with Gasteiger partial charge in [-0.15, -0.1) is 0 Å². The third-order valence-corrected chi connectivity index (χ3v) is 5.08. The maximum absolute atomic E-state index is 12.8. The number of thiophene rings is 1. The Morgan fingerprint density at radius 2 is 2.29 bits per heavy atom. The van der Waals surface area contributed by atoms with Gasteiger partial charge in [0.2, 0.25) is 0 Å². The Bertz CT molecular complexity index is 665. The smallest absolute Gasteiger partial charge is 0.254 e. The third kappa shape index (κ3) is 2.23. The van der Waals surface area contributed by atoms with Crippen LogP contribution in [0.2, 0.25) is 0 Å². The quantitative estimate of drug-likeness (QED) is 0.847. The lowest BCUT2D eigenvalue weighted by Gasteiger charge is -2.24. The average molecular weight is 299 g/mol. The first-order valence-electron chi connectivity index (χ1n) is 7.42. The van der Waals surface area contributed by atoms with Crippen LogP contribution >= 0.6 is 11.3 Å². The van der Waals surface area contributed by atoms with Gasteiger partial charge < -0.3 is 9.64 Å². The standard InChI is InChI=1S/C17H17NO2S/c19-17(13-3-4-16-12(10-13)5-8-20-16)18-7-1-2-15(18)14-6-9-21-11-14/h3-4,6,9-11,15H,1-2,5,7-8H2. The van der Waals surface area contributed by atoms with Crippen molar-refractivity contribution in [2.75, 3.05) is 13.2 Å². The van der Waals surface area contributed by atoms with Gasteiger partial charge in [-0.1, -0.05) is 0 Å². The summed E-state index contributed by atoms with van der Waals surface area (Å²) in [4.78, 5) is 14.9. The highest BCUT2D eigenvalue weighted by atomic mass is 32.1. The number of fused-ring (bicyclic) bond motifs is 1. The molecular weight excluding hydrogens is 282 g/mol. The van der Waals surface area contributed by atoms with E-state index in [9.17, 15) is 4.79 Å². The molecule has 1 aromatic heterocycles. The fourth-order valence-electron chi connectivity index (χ4n) is 3.31. The molecule has 3 heterocycles. The molecule has 0 bridgehead atoms. The molecule has 0 spiro atoms. The molecule has 4 rings (SSSR count). The molecule has 0 N–H and O–H groups in total. The summed E-state index contributed by atoms with van der Waals surface area (Å²) in [6.07, 6.45) is 3.06. The first kappa shape index (κ1) is 12.9. The Morgan fingerprint density at radius 3 is 3.14 bits per heavy atom. The molecule has 1 saturated heterocycles. The minimum atomic E-state index is 0.151. The second-order valence-electron chi connectivity index (χ2n) is 5.63. The van der Waals surface area contributed by atoms with E-state index in [4.69, 9.17) is 4.74 Å². The molecule has 0 radical (unpaired) electrons. The number of amides is 1. The van der Waals surface area contributed by atoms with Crippen molar-refractivity contribution in [3.05, 3.63) is 51.7 Å². The molecule has 0 aliphatic carbocycles. The van der Waals surface area contributed by atoms with Gasteiger partial charge in [0.1, 0.15) is 5.75 Å². The minimum Gasteiger partial charge on any atom is -0.493 e. The van der Waals surface area contributed by atoms with Crippen molar-refractivity contribution in [1.82, 2.24) is 4.90 Å². The lowest BCUT2D eigenvalue weighted by atomic mass is 10.1. The van der Waals surface area contributed by atoms with Crippen LogP contribution in [0.15, 0.2) is 35.0 Å². The number of hydrogen-bond acceptors (Lipinski definition) is 3. The van der Waals surface area contributed by atoms with Crippen LogP contribution in [0.3, 0.4) is 0 Å². The molecule has 1 fully saturated rings. The van der Waals surface area contributed by atoms with Gasteiger partial charge in [-0.2, -0.15) is 11.3 Å². The highest BCUT2D eigenvalue weighted by Gasteiger charge is 2.31. The summed E-state index contributed by atoms with van der Waals surface area (Å²) in [6.45, 7) is 1.58. The molecule has 1 amide bonds. The molecular formula is C17H17NO2S. The summed E-state index contributed by atoms with van der Waals surface area (Å²) >= 11 is 1.70. The van der Waals surface area contributed by atoms with Crippen molar-refractivity contribution in [3.8, 4) is 5.75 Å². The number of carbonyl (C=O) groups is 1. The van der Waals surface area contributed by atoms with Crippen LogP contribution in [0.4, 0.5) is 0 Å². The zero-order valence-electron chi connectivity index (χ0n) is 11.7. The number of carbonyl (C=O) groups excluding carboxylic acids is 1. The summed E-state index contributed by atoms with van der Waals surface area (Å²) in [5.74, 6) is 1.08. The van der Waals surface area contributed by atoms with Crippen molar-refractivity contribution >= 4 is 17.2 Å². The lowest BCUT2D eigenvalue weighted by molar-refractivity contribution is 0.0736. The van der Waals surface area contributed by atoms with Gasteiger partial charge in [0.15, 0.2) is 0 Å². The highest BCUT2D eigenvalue weighted by Crippen LogP contribution is 2.35. The van der Waals surface area contributed by atoms with Crippen LogP contribution < -0.4 is 4.74 Å². The van der Waals surface area contributed by atoms with Gasteiger partial charge in [0, 0.05) is 18.5 Å². The van der Waals surface area contributed by atoms with Crippen molar-refractivity contribution in [1.29, 1.82) is 0 Å². The van der Waals surface area contributed by atoms with E-state index in [2.05, 4.69) is 16.8 Å². The van der Waals surface area contributed by atoms with Gasteiger partial charge in [0.25, 0.3) is 5.91 Å². The molecule has 108 valence electrons. The first-order valence-corrected chi connectivity index (χ1v) is 8.36. The minimum absolute atomic E-state index is 0.151. The predicted octanol–water partition coefficient (Wildman–Crippen LogP) is 3.66. The molecule has 4 heteroatoms. The van der Waals surface area contributed by atoms with E-state index in [0.717, 1.165) is 49.3 Å². The summed E-state index contributed by atoms with van der Waals surface area (Å²) in [7, 11) is 0. The maximum atomic E-state index is 12.8. The van der Waals surface area contributed by atoms with E-state index >= 15 is 0 Å². The predicted molar refractivity (Wildman–Crippen MR) is 83.0 cm³/mol. The van der Waals surface area contributed by atoms with E-state index in [0.29, 0.717) is 0 Å². The Kier molecular flexibility index (Phi) is 3.19. The molecule has 1 aromatic carbocycles. The van der Waals surface area contributed by atoms with E-state index in [1.165, 1.54) is 5.56 Å². The van der Waals surface area contributed by atoms with Crippen LogP contribution in [-0.4, -0.2) is 24.0 Å². The molecule has 0 saturated carbocycles. The van der Waals surface area contributed by atoms with Gasteiger partial charge in [-0.3, -0.25) is 4.79 Å². The molecule has 1 unspecified atom stereocenters. The van der Waals surface area contributed by atoms with E-state index in [1.807, 2.05) is 23.1 Å². The topological polar surface area (TPSA) is 29.5 Å². The summed E-state index contributed by atoms with van der Waals surface area (Å²) < 4.78 is 5.52. The molecule has 2 aliphatic heterocycles. The molecule has 2 aromatic rings. The van der Waals surface area contributed by atoms with E-state index < -0.39 is 0 Å². The number of rotatable bonds is 2. The molecule has 3 nitrogen and oxygen atoms in total. The van der Waals surface area contributed by atoms with Crippen LogP contribution in [0, 0.1) is 0 Å². The van der Waals surface area contributed by atoms with Crippen LogP contribution in [0.1, 0.15) is 40.4 Å². The van der Waals surface area contributed by atoms with Crippen molar-refractivity contribution < 1.29 is 9.53 Å². The SMILES string of the molecule is O=C(c1ccc2c(c1)CCO2)N1CCCC1c1ccsc1. The van der Waals surface area contributed by atoms with Crippen LogP contribution in [-0.2, 0) is 6.42 Å². The Morgan fingerprint density at radius 1 is 1.33 bits per heavy atom.